The van der Waals surface area contributed by atoms with E-state index in [1.807, 2.05) is 48.7 Å². The lowest BCUT2D eigenvalue weighted by Crippen LogP contribution is -2.09. The van der Waals surface area contributed by atoms with Gasteiger partial charge >= 0.3 is 0 Å². The van der Waals surface area contributed by atoms with Gasteiger partial charge in [0.2, 0.25) is 5.91 Å². The molecule has 144 valence electrons. The van der Waals surface area contributed by atoms with Crippen molar-refractivity contribution in [2.45, 2.75) is 19.3 Å². The number of hydrogen-bond acceptors (Lipinski definition) is 6. The van der Waals surface area contributed by atoms with E-state index in [0.717, 1.165) is 41.0 Å². The molecule has 0 unspecified atom stereocenters. The van der Waals surface area contributed by atoms with Crippen LogP contribution < -0.4 is 16.4 Å². The number of aryl methyl sites for hydroxylation is 1. The van der Waals surface area contributed by atoms with Crippen LogP contribution in [0.4, 0.5) is 22.9 Å². The molecule has 2 aromatic carbocycles. The molecule has 3 heterocycles. The van der Waals surface area contributed by atoms with Gasteiger partial charge in [0, 0.05) is 29.0 Å². The van der Waals surface area contributed by atoms with Gasteiger partial charge in [-0.2, -0.15) is 5.10 Å². The fourth-order valence-corrected chi connectivity index (χ4v) is 3.54. The molecule has 0 saturated carbocycles. The molecule has 1 amide bonds. The summed E-state index contributed by atoms with van der Waals surface area (Å²) in [6, 6.07) is 13.4. The number of rotatable bonds is 3. The van der Waals surface area contributed by atoms with Crippen LogP contribution >= 0.6 is 0 Å². The van der Waals surface area contributed by atoms with Crippen molar-refractivity contribution in [3.8, 4) is 11.3 Å². The minimum Gasteiger partial charge on any atom is -0.399 e. The van der Waals surface area contributed by atoms with Crippen molar-refractivity contribution in [2.75, 3.05) is 16.4 Å². The highest BCUT2D eigenvalue weighted by atomic mass is 16.1. The van der Waals surface area contributed by atoms with Crippen LogP contribution in [0, 0.1) is 0 Å². The molecule has 4 N–H and O–H groups in total. The maximum Gasteiger partial charge on any atom is 0.224 e. The third kappa shape index (κ3) is 3.36. The van der Waals surface area contributed by atoms with Crippen LogP contribution in [0.1, 0.15) is 18.4 Å². The van der Waals surface area contributed by atoms with Gasteiger partial charge in [-0.25, -0.2) is 14.5 Å². The Bertz CT molecular complexity index is 1230. The number of aromatic nitrogens is 4. The first-order chi connectivity index (χ1) is 14.2. The van der Waals surface area contributed by atoms with E-state index in [4.69, 9.17) is 10.7 Å². The average Bonchev–Trinajstić information content (AvgIpc) is 3.11. The Kier molecular flexibility index (Phi) is 4.09. The largest absolute Gasteiger partial charge is 0.399 e. The molecule has 0 fully saturated rings. The lowest BCUT2D eigenvalue weighted by molar-refractivity contribution is -0.116. The second-order valence-corrected chi connectivity index (χ2v) is 7.03. The summed E-state index contributed by atoms with van der Waals surface area (Å²) in [5.74, 6) is 0.658. The summed E-state index contributed by atoms with van der Waals surface area (Å²) in [6.07, 6.45) is 5.55. The molecule has 8 nitrogen and oxygen atoms in total. The lowest BCUT2D eigenvalue weighted by atomic mass is 10.1. The van der Waals surface area contributed by atoms with Crippen molar-refractivity contribution < 1.29 is 4.79 Å². The summed E-state index contributed by atoms with van der Waals surface area (Å²) < 4.78 is 1.69. The molecule has 0 aliphatic carbocycles. The number of nitrogens with zero attached hydrogens (tertiary/aromatic N) is 4. The highest BCUT2D eigenvalue weighted by Crippen LogP contribution is 2.29. The van der Waals surface area contributed by atoms with Crippen LogP contribution in [0.15, 0.2) is 55.0 Å². The van der Waals surface area contributed by atoms with Gasteiger partial charge in [-0.3, -0.25) is 4.79 Å². The Balaban J connectivity index is 1.54. The van der Waals surface area contributed by atoms with E-state index >= 15 is 0 Å². The number of hydrogen-bond donors (Lipinski definition) is 3. The Morgan fingerprint density at radius 2 is 2.07 bits per heavy atom. The number of nitrogen functional groups attached to an aromatic ring is 1. The van der Waals surface area contributed by atoms with Gasteiger partial charge in [-0.15, -0.1) is 0 Å². The van der Waals surface area contributed by atoms with Crippen LogP contribution in [-0.4, -0.2) is 25.5 Å². The van der Waals surface area contributed by atoms with Crippen LogP contribution in [0.2, 0.25) is 0 Å². The molecule has 0 atom stereocenters. The topological polar surface area (TPSA) is 110 Å². The van der Waals surface area contributed by atoms with Gasteiger partial charge < -0.3 is 16.4 Å². The first kappa shape index (κ1) is 17.2. The molecule has 0 radical (unpaired) electrons. The number of fused-ring (bicyclic) bond motifs is 2. The van der Waals surface area contributed by atoms with E-state index in [-0.39, 0.29) is 5.91 Å². The van der Waals surface area contributed by atoms with Gasteiger partial charge in [0.1, 0.15) is 6.33 Å². The second kappa shape index (κ2) is 6.90. The molecule has 0 bridgehead atoms. The highest BCUT2D eigenvalue weighted by molar-refractivity contribution is 5.92. The average molecular weight is 385 g/mol. The number of amides is 1. The monoisotopic (exact) mass is 385 g/mol. The van der Waals surface area contributed by atoms with E-state index in [0.29, 0.717) is 23.6 Å². The number of carbonyl (C=O) groups is 1. The minimum absolute atomic E-state index is 0.0612. The third-order valence-corrected chi connectivity index (χ3v) is 4.94. The van der Waals surface area contributed by atoms with Crippen LogP contribution in [0.25, 0.3) is 16.9 Å². The van der Waals surface area contributed by atoms with E-state index in [1.165, 1.54) is 6.33 Å². The molecular weight excluding hydrogens is 366 g/mol. The molecule has 0 saturated heterocycles. The maximum absolute atomic E-state index is 11.8. The molecule has 5 rings (SSSR count). The second-order valence-electron chi connectivity index (χ2n) is 7.03. The van der Waals surface area contributed by atoms with Gasteiger partial charge in [0.05, 0.1) is 11.9 Å². The van der Waals surface area contributed by atoms with E-state index in [1.54, 1.807) is 4.52 Å². The van der Waals surface area contributed by atoms with Crippen molar-refractivity contribution in [3.63, 3.8) is 0 Å². The number of nitrogens with one attached hydrogen (secondary N) is 2. The SMILES string of the molecule is Nc1cccc(-c2cn3ncnc3c(Nc3ccc4c(c3)CCCC(=O)N4)n2)c1. The summed E-state index contributed by atoms with van der Waals surface area (Å²) in [6.45, 7) is 0. The summed E-state index contributed by atoms with van der Waals surface area (Å²) in [5, 5.41) is 10.6. The van der Waals surface area contributed by atoms with Crippen molar-refractivity contribution in [3.05, 3.63) is 60.6 Å². The third-order valence-electron chi connectivity index (χ3n) is 4.94. The highest BCUT2D eigenvalue weighted by Gasteiger charge is 2.15. The summed E-state index contributed by atoms with van der Waals surface area (Å²) >= 11 is 0. The molecule has 2 aromatic heterocycles. The van der Waals surface area contributed by atoms with E-state index in [9.17, 15) is 4.79 Å². The molecular formula is C21H19N7O. The van der Waals surface area contributed by atoms with Crippen LogP contribution in [0.5, 0.6) is 0 Å². The van der Waals surface area contributed by atoms with Crippen molar-refractivity contribution >= 4 is 34.4 Å². The molecule has 8 heteroatoms. The molecule has 1 aliphatic rings. The summed E-state index contributed by atoms with van der Waals surface area (Å²) in [5.41, 5.74) is 11.7. The molecule has 0 spiro atoms. The number of nitrogens with two attached hydrogens (primary N) is 1. The van der Waals surface area contributed by atoms with Crippen LogP contribution in [-0.2, 0) is 11.2 Å². The summed E-state index contributed by atoms with van der Waals surface area (Å²) in [4.78, 5) is 20.9. The number of benzene rings is 2. The smallest absolute Gasteiger partial charge is 0.224 e. The van der Waals surface area contributed by atoms with E-state index < -0.39 is 0 Å². The Morgan fingerprint density at radius 3 is 2.97 bits per heavy atom. The first-order valence-electron chi connectivity index (χ1n) is 9.42. The first-order valence-corrected chi connectivity index (χ1v) is 9.42. The minimum atomic E-state index is 0.0612. The fourth-order valence-electron chi connectivity index (χ4n) is 3.54. The molecule has 4 aromatic rings. The van der Waals surface area contributed by atoms with Crippen molar-refractivity contribution in [2.24, 2.45) is 0 Å². The van der Waals surface area contributed by atoms with Gasteiger partial charge in [-0.05, 0) is 48.7 Å². The zero-order chi connectivity index (χ0) is 19.8. The van der Waals surface area contributed by atoms with Gasteiger partial charge in [-0.1, -0.05) is 12.1 Å². The quantitative estimate of drug-likeness (QED) is 0.466. The fraction of sp³-hybridized carbons (Fsp3) is 0.143. The Labute approximate surface area is 166 Å². The summed E-state index contributed by atoms with van der Waals surface area (Å²) in [7, 11) is 0. The van der Waals surface area contributed by atoms with Crippen molar-refractivity contribution in [1.82, 2.24) is 19.6 Å². The van der Waals surface area contributed by atoms with Crippen molar-refractivity contribution in [1.29, 1.82) is 0 Å². The standard InChI is InChI=1S/C21H19N7O/c22-15-5-1-3-13(9-15)18-11-28-21(23-12-24-28)20(27-18)25-16-7-8-17-14(10-16)4-2-6-19(29)26-17/h1,3,5,7-12H,2,4,6,22H2,(H,25,27)(H,26,29). The molecule has 1 aliphatic heterocycles. The normalized spacial score (nSPS) is 13.6. The predicted molar refractivity (Wildman–Crippen MR) is 112 cm³/mol. The van der Waals surface area contributed by atoms with Gasteiger partial charge in [0.25, 0.3) is 0 Å². The Hall–Kier alpha value is -3.94. The zero-order valence-electron chi connectivity index (χ0n) is 15.6. The number of carbonyl (C=O) groups excluding carboxylic acids is 1. The molecule has 29 heavy (non-hydrogen) atoms. The lowest BCUT2D eigenvalue weighted by Gasteiger charge is -2.12. The predicted octanol–water partition coefficient (Wildman–Crippen LogP) is 3.39. The van der Waals surface area contributed by atoms with Gasteiger partial charge in [0.15, 0.2) is 11.5 Å². The number of anilines is 4. The zero-order valence-corrected chi connectivity index (χ0v) is 15.6. The van der Waals surface area contributed by atoms with Crippen LogP contribution in [0.3, 0.4) is 0 Å². The van der Waals surface area contributed by atoms with E-state index in [2.05, 4.69) is 20.7 Å². The Morgan fingerprint density at radius 1 is 1.14 bits per heavy atom. The maximum atomic E-state index is 11.8.